The van der Waals surface area contributed by atoms with E-state index in [1.54, 1.807) is 24.3 Å². The highest BCUT2D eigenvalue weighted by atomic mass is 16.6. The van der Waals surface area contributed by atoms with Gasteiger partial charge in [-0.3, -0.25) is 20.2 Å². The molecule has 6 rings (SSSR count). The van der Waals surface area contributed by atoms with Crippen molar-refractivity contribution in [3.8, 4) is 0 Å². The van der Waals surface area contributed by atoms with Crippen LogP contribution in [0.4, 0.5) is 51.2 Å². The summed E-state index contributed by atoms with van der Waals surface area (Å²) < 4.78 is 0. The Morgan fingerprint density at radius 2 is 0.826 bits per heavy atom. The predicted octanol–water partition coefficient (Wildman–Crippen LogP) is 9.30. The molecule has 3 heterocycles. The summed E-state index contributed by atoms with van der Waals surface area (Å²) in [5.74, 6) is 0. The minimum Gasteiger partial charge on any atom is -0.370 e. The molecular weight excluding hydrogens is 586 g/mol. The van der Waals surface area contributed by atoms with Gasteiger partial charge >= 0.3 is 0 Å². The Balaban J connectivity index is 1.54. The van der Waals surface area contributed by atoms with Crippen molar-refractivity contribution in [2.24, 2.45) is 20.5 Å². The van der Waals surface area contributed by atoms with Crippen molar-refractivity contribution in [1.29, 1.82) is 0 Å². The summed E-state index contributed by atoms with van der Waals surface area (Å²) in [6.07, 6.45) is 10.0. The fraction of sp³-hybridized carbons (Fsp3) is 0.455. The number of nitrogens with zero attached hydrogens (tertiary/aromatic N) is 9. The molecule has 46 heavy (non-hydrogen) atoms. The number of nitro groups is 2. The number of nitro benzene ring substituents is 2. The molecule has 0 unspecified atom stereocenters. The summed E-state index contributed by atoms with van der Waals surface area (Å²) in [5, 5.41) is 41.5. The monoisotopic (exact) mass is 625 g/mol. The van der Waals surface area contributed by atoms with Crippen molar-refractivity contribution in [1.82, 2.24) is 0 Å². The topological polar surface area (TPSA) is 145 Å². The molecule has 13 heteroatoms. The summed E-state index contributed by atoms with van der Waals surface area (Å²) in [5.41, 5.74) is 5.41. The van der Waals surface area contributed by atoms with Crippen molar-refractivity contribution in [3.63, 3.8) is 0 Å². The van der Waals surface area contributed by atoms with Crippen molar-refractivity contribution in [3.05, 3.63) is 74.8 Å². The largest absolute Gasteiger partial charge is 0.370 e. The van der Waals surface area contributed by atoms with Gasteiger partial charge in [0.05, 0.1) is 38.3 Å². The number of rotatable bonds is 9. The molecule has 3 aliphatic rings. The number of anilines is 3. The second-order valence-electron chi connectivity index (χ2n) is 12.1. The molecule has 0 atom stereocenters. The normalized spacial score (nSPS) is 17.6. The van der Waals surface area contributed by atoms with Crippen LogP contribution in [0.1, 0.15) is 57.8 Å². The lowest BCUT2D eigenvalue weighted by Gasteiger charge is -2.37. The molecule has 0 saturated carbocycles. The van der Waals surface area contributed by atoms with Crippen LogP contribution in [0.15, 0.2) is 75.1 Å². The molecule has 0 amide bonds. The third-order valence-corrected chi connectivity index (χ3v) is 8.93. The van der Waals surface area contributed by atoms with Crippen LogP contribution in [0, 0.1) is 20.2 Å². The number of non-ortho nitro benzene ring substituents is 2. The van der Waals surface area contributed by atoms with Gasteiger partial charge in [-0.05, 0) is 88.1 Å². The lowest BCUT2D eigenvalue weighted by Crippen LogP contribution is -2.34. The summed E-state index contributed by atoms with van der Waals surface area (Å²) in [6.45, 7) is 5.38. The first-order chi connectivity index (χ1) is 22.5. The Bertz CT molecular complexity index is 1480. The predicted molar refractivity (Wildman–Crippen MR) is 179 cm³/mol. The molecule has 3 aromatic carbocycles. The van der Waals surface area contributed by atoms with Gasteiger partial charge < -0.3 is 14.7 Å². The fourth-order valence-corrected chi connectivity index (χ4v) is 6.48. The standard InChI is InChI=1S/C33H39N9O4/c43-41(44)27-14-10-25(11-15-27)34-36-31-29(38-18-4-1-5-19-38)24-30(39-20-6-2-7-21-39)32(33(31)40-22-8-3-9-23-40)37-35-26-12-16-28(17-13-26)42(45)46/h10-17,24H,1-9,18-23H2. The third-order valence-electron chi connectivity index (χ3n) is 8.93. The van der Waals surface area contributed by atoms with Gasteiger partial charge in [-0.25, -0.2) is 0 Å². The molecule has 3 aromatic rings. The van der Waals surface area contributed by atoms with Gasteiger partial charge in [-0.1, -0.05) is 0 Å². The third kappa shape index (κ3) is 7.13. The van der Waals surface area contributed by atoms with Gasteiger partial charge in [0.1, 0.15) is 11.4 Å². The molecule has 0 aromatic heterocycles. The van der Waals surface area contributed by atoms with Gasteiger partial charge in [-0.2, -0.15) is 10.2 Å². The molecule has 13 nitrogen and oxygen atoms in total. The smallest absolute Gasteiger partial charge is 0.269 e. The van der Waals surface area contributed by atoms with E-state index < -0.39 is 9.85 Å². The van der Waals surface area contributed by atoms with Gasteiger partial charge in [-0.15, -0.1) is 10.2 Å². The molecule has 0 aliphatic carbocycles. The Labute approximate surface area is 267 Å². The average molecular weight is 626 g/mol. The first kappa shape index (κ1) is 31.1. The summed E-state index contributed by atoms with van der Waals surface area (Å²) in [7, 11) is 0. The molecular formula is C33H39N9O4. The van der Waals surface area contributed by atoms with Crippen LogP contribution >= 0.6 is 0 Å². The molecule has 3 aliphatic heterocycles. The first-order valence-electron chi connectivity index (χ1n) is 16.3. The van der Waals surface area contributed by atoms with E-state index >= 15 is 0 Å². The Hall–Kier alpha value is -4.94. The fourth-order valence-electron chi connectivity index (χ4n) is 6.48. The maximum Gasteiger partial charge on any atom is 0.269 e. The summed E-state index contributed by atoms with van der Waals surface area (Å²) in [6, 6.07) is 14.4. The highest BCUT2D eigenvalue weighted by Crippen LogP contribution is 2.53. The minimum absolute atomic E-state index is 0.00166. The van der Waals surface area contributed by atoms with Crippen LogP contribution in [0.5, 0.6) is 0 Å². The van der Waals surface area contributed by atoms with Gasteiger partial charge in [0.2, 0.25) is 0 Å². The molecule has 240 valence electrons. The SMILES string of the molecule is O=[N+]([O-])c1ccc(N=Nc2c(N3CCCCC3)cc(N3CCCCC3)c(N=Nc3ccc([N+](=O)[O-])cc3)c2N2CCCCC2)cc1. The molecule has 0 radical (unpaired) electrons. The molecule has 3 fully saturated rings. The van der Waals surface area contributed by atoms with Gasteiger partial charge in [0.25, 0.3) is 11.4 Å². The zero-order chi connectivity index (χ0) is 31.9. The number of hydrogen-bond acceptors (Lipinski definition) is 11. The molecule has 0 spiro atoms. The Kier molecular flexibility index (Phi) is 9.75. The first-order valence-corrected chi connectivity index (χ1v) is 16.3. The molecule has 0 N–H and O–H groups in total. The van der Waals surface area contributed by atoms with Crippen LogP contribution in [0.25, 0.3) is 0 Å². The van der Waals surface area contributed by atoms with E-state index in [9.17, 15) is 20.2 Å². The van der Waals surface area contributed by atoms with E-state index in [-0.39, 0.29) is 11.4 Å². The lowest BCUT2D eigenvalue weighted by molar-refractivity contribution is -0.385. The van der Waals surface area contributed by atoms with Crippen LogP contribution in [-0.4, -0.2) is 49.1 Å². The molecule has 0 bridgehead atoms. The van der Waals surface area contributed by atoms with Crippen molar-refractivity contribution < 1.29 is 9.85 Å². The zero-order valence-electron chi connectivity index (χ0n) is 26.0. The van der Waals surface area contributed by atoms with Crippen molar-refractivity contribution in [2.45, 2.75) is 57.8 Å². The van der Waals surface area contributed by atoms with E-state index in [0.717, 1.165) is 113 Å². The van der Waals surface area contributed by atoms with Gasteiger partial charge in [0.15, 0.2) is 0 Å². The number of benzene rings is 3. The Morgan fingerprint density at radius 1 is 0.478 bits per heavy atom. The lowest BCUT2D eigenvalue weighted by atomic mass is 10.0. The van der Waals surface area contributed by atoms with E-state index in [1.807, 2.05) is 0 Å². The van der Waals surface area contributed by atoms with Crippen molar-refractivity contribution >= 4 is 51.2 Å². The maximum absolute atomic E-state index is 11.2. The van der Waals surface area contributed by atoms with Crippen molar-refractivity contribution in [2.75, 3.05) is 54.0 Å². The van der Waals surface area contributed by atoms with Crippen LogP contribution in [-0.2, 0) is 0 Å². The van der Waals surface area contributed by atoms with E-state index in [4.69, 9.17) is 10.2 Å². The second kappa shape index (κ2) is 14.4. The van der Waals surface area contributed by atoms with E-state index in [0.29, 0.717) is 11.4 Å². The number of hydrogen-bond donors (Lipinski definition) is 0. The van der Waals surface area contributed by atoms with Crippen LogP contribution in [0.3, 0.4) is 0 Å². The van der Waals surface area contributed by atoms with Gasteiger partial charge in [0, 0.05) is 63.5 Å². The van der Waals surface area contributed by atoms with E-state index in [1.165, 1.54) is 37.1 Å². The highest BCUT2D eigenvalue weighted by molar-refractivity contribution is 5.97. The van der Waals surface area contributed by atoms with Crippen LogP contribution in [0.2, 0.25) is 0 Å². The number of piperidine rings is 3. The summed E-state index contributed by atoms with van der Waals surface area (Å²) >= 11 is 0. The molecule has 3 saturated heterocycles. The highest BCUT2D eigenvalue weighted by Gasteiger charge is 2.30. The summed E-state index contributed by atoms with van der Waals surface area (Å²) in [4.78, 5) is 28.8. The Morgan fingerprint density at radius 3 is 1.17 bits per heavy atom. The number of azo groups is 2. The average Bonchev–Trinajstić information content (AvgIpc) is 3.11. The zero-order valence-corrected chi connectivity index (χ0v) is 26.0. The van der Waals surface area contributed by atoms with E-state index in [2.05, 4.69) is 31.0 Å². The maximum atomic E-state index is 11.2. The quantitative estimate of drug-likeness (QED) is 0.131. The second-order valence-corrected chi connectivity index (χ2v) is 12.1. The minimum atomic E-state index is -0.425. The van der Waals surface area contributed by atoms with Crippen LogP contribution < -0.4 is 14.7 Å².